The summed E-state index contributed by atoms with van der Waals surface area (Å²) in [7, 11) is 0. The SMILES string of the molecule is Nc1nc(NCCc2ccccc2)ncc1[N+](=O)[O-]. The number of nitrogens with zero attached hydrogens (tertiary/aromatic N) is 3. The normalized spacial score (nSPS) is 10.1. The summed E-state index contributed by atoms with van der Waals surface area (Å²) in [6.07, 6.45) is 1.91. The van der Waals surface area contributed by atoms with E-state index in [1.54, 1.807) is 0 Å². The molecule has 1 aromatic carbocycles. The first-order valence-electron chi connectivity index (χ1n) is 5.71. The summed E-state index contributed by atoms with van der Waals surface area (Å²) in [5, 5.41) is 13.5. The van der Waals surface area contributed by atoms with Crippen LogP contribution in [0.3, 0.4) is 0 Å². The summed E-state index contributed by atoms with van der Waals surface area (Å²) in [5.74, 6) is 0.154. The van der Waals surface area contributed by atoms with Crippen LogP contribution in [0.2, 0.25) is 0 Å². The van der Waals surface area contributed by atoms with Crippen molar-refractivity contribution in [3.63, 3.8) is 0 Å². The van der Waals surface area contributed by atoms with E-state index in [2.05, 4.69) is 15.3 Å². The number of hydrogen-bond acceptors (Lipinski definition) is 6. The zero-order valence-electron chi connectivity index (χ0n) is 10.1. The van der Waals surface area contributed by atoms with E-state index in [1.165, 1.54) is 5.56 Å². The van der Waals surface area contributed by atoms with Gasteiger partial charge >= 0.3 is 5.69 Å². The minimum atomic E-state index is -0.608. The highest BCUT2D eigenvalue weighted by Gasteiger charge is 2.13. The lowest BCUT2D eigenvalue weighted by Crippen LogP contribution is -2.10. The molecule has 98 valence electrons. The minimum absolute atomic E-state index is 0.137. The lowest BCUT2D eigenvalue weighted by Gasteiger charge is -2.05. The summed E-state index contributed by atoms with van der Waals surface area (Å²) in [6.45, 7) is 0.626. The molecule has 19 heavy (non-hydrogen) atoms. The van der Waals surface area contributed by atoms with Crippen LogP contribution >= 0.6 is 0 Å². The first kappa shape index (κ1) is 12.7. The van der Waals surface area contributed by atoms with E-state index in [0.29, 0.717) is 12.5 Å². The quantitative estimate of drug-likeness (QED) is 0.624. The highest BCUT2D eigenvalue weighted by atomic mass is 16.6. The number of nitro groups is 1. The van der Waals surface area contributed by atoms with Crippen LogP contribution in [0.25, 0.3) is 0 Å². The van der Waals surface area contributed by atoms with Gasteiger partial charge in [0, 0.05) is 6.54 Å². The third-order valence-electron chi connectivity index (χ3n) is 2.53. The van der Waals surface area contributed by atoms with E-state index in [0.717, 1.165) is 12.6 Å². The zero-order valence-corrected chi connectivity index (χ0v) is 10.1. The van der Waals surface area contributed by atoms with Gasteiger partial charge in [-0.3, -0.25) is 10.1 Å². The summed E-state index contributed by atoms with van der Waals surface area (Å²) >= 11 is 0. The Morgan fingerprint density at radius 1 is 1.32 bits per heavy atom. The first-order valence-corrected chi connectivity index (χ1v) is 5.71. The molecule has 7 heteroatoms. The van der Waals surface area contributed by atoms with Gasteiger partial charge in [0.05, 0.1) is 4.92 Å². The number of aromatic nitrogens is 2. The van der Waals surface area contributed by atoms with Crippen LogP contribution in [0.4, 0.5) is 17.5 Å². The van der Waals surface area contributed by atoms with Crippen molar-refractivity contribution in [2.75, 3.05) is 17.6 Å². The van der Waals surface area contributed by atoms with Crippen LogP contribution in [0.1, 0.15) is 5.56 Å². The molecule has 1 heterocycles. The van der Waals surface area contributed by atoms with Gasteiger partial charge in [-0.2, -0.15) is 4.98 Å². The average Bonchev–Trinajstić information content (AvgIpc) is 2.39. The third-order valence-corrected chi connectivity index (χ3v) is 2.53. The molecule has 1 aromatic heterocycles. The Hall–Kier alpha value is -2.70. The fourth-order valence-electron chi connectivity index (χ4n) is 1.58. The number of nitrogen functional groups attached to an aromatic ring is 1. The molecular weight excluding hydrogens is 246 g/mol. The van der Waals surface area contributed by atoms with Crippen molar-refractivity contribution in [3.8, 4) is 0 Å². The fourth-order valence-corrected chi connectivity index (χ4v) is 1.58. The van der Waals surface area contributed by atoms with Crippen molar-refractivity contribution in [1.29, 1.82) is 0 Å². The lowest BCUT2D eigenvalue weighted by molar-refractivity contribution is -0.384. The van der Waals surface area contributed by atoms with Crippen LogP contribution < -0.4 is 11.1 Å². The van der Waals surface area contributed by atoms with E-state index >= 15 is 0 Å². The first-order chi connectivity index (χ1) is 9.16. The number of hydrogen-bond donors (Lipinski definition) is 2. The van der Waals surface area contributed by atoms with Crippen LogP contribution in [0.15, 0.2) is 36.5 Å². The average molecular weight is 259 g/mol. The van der Waals surface area contributed by atoms with Crippen molar-refractivity contribution in [2.45, 2.75) is 6.42 Å². The Morgan fingerprint density at radius 2 is 2.05 bits per heavy atom. The Kier molecular flexibility index (Phi) is 3.87. The summed E-state index contributed by atoms with van der Waals surface area (Å²) in [6, 6.07) is 9.93. The molecule has 3 N–H and O–H groups in total. The summed E-state index contributed by atoms with van der Waals surface area (Å²) in [5.41, 5.74) is 6.37. The molecule has 0 aliphatic carbocycles. The molecule has 0 amide bonds. The van der Waals surface area contributed by atoms with Crippen molar-refractivity contribution in [3.05, 3.63) is 52.2 Å². The molecule has 2 aromatic rings. The van der Waals surface area contributed by atoms with Gasteiger partial charge in [0.2, 0.25) is 11.8 Å². The smallest absolute Gasteiger partial charge is 0.329 e. The van der Waals surface area contributed by atoms with Gasteiger partial charge in [0.15, 0.2) is 0 Å². The van der Waals surface area contributed by atoms with Crippen LogP contribution in [0, 0.1) is 10.1 Å². The number of nitrogens with two attached hydrogens (primary N) is 1. The van der Waals surface area contributed by atoms with Gasteiger partial charge in [-0.1, -0.05) is 30.3 Å². The largest absolute Gasteiger partial charge is 0.378 e. The predicted molar refractivity (Wildman–Crippen MR) is 71.7 cm³/mol. The van der Waals surface area contributed by atoms with Crippen LogP contribution in [-0.4, -0.2) is 21.4 Å². The highest BCUT2D eigenvalue weighted by molar-refractivity contribution is 5.53. The second-order valence-electron chi connectivity index (χ2n) is 3.88. The Morgan fingerprint density at radius 3 is 2.68 bits per heavy atom. The van der Waals surface area contributed by atoms with Crippen LogP contribution in [-0.2, 0) is 6.42 Å². The Bertz CT molecular complexity index is 574. The maximum Gasteiger partial charge on any atom is 0.329 e. The Balaban J connectivity index is 1.93. The molecule has 0 saturated carbocycles. The lowest BCUT2D eigenvalue weighted by atomic mass is 10.1. The van der Waals surface area contributed by atoms with Gasteiger partial charge in [0.25, 0.3) is 0 Å². The molecule has 0 bridgehead atoms. The third kappa shape index (κ3) is 3.38. The highest BCUT2D eigenvalue weighted by Crippen LogP contribution is 2.17. The predicted octanol–water partition coefficient (Wildman–Crippen LogP) is 1.62. The number of nitrogens with one attached hydrogen (secondary N) is 1. The standard InChI is InChI=1S/C12H13N5O2/c13-11-10(17(18)19)8-15-12(16-11)14-7-6-9-4-2-1-3-5-9/h1-5,8H,6-7H2,(H3,13,14,15,16). The number of benzene rings is 1. The number of rotatable bonds is 5. The van der Waals surface area contributed by atoms with Crippen molar-refractivity contribution in [1.82, 2.24) is 9.97 Å². The maximum absolute atomic E-state index is 10.6. The molecule has 0 saturated heterocycles. The Labute approximate surface area is 109 Å². The van der Waals surface area contributed by atoms with Crippen molar-refractivity contribution >= 4 is 17.5 Å². The molecule has 0 aliphatic rings. The molecule has 0 spiro atoms. The summed E-state index contributed by atoms with van der Waals surface area (Å²) < 4.78 is 0. The molecule has 0 fully saturated rings. The monoisotopic (exact) mass is 259 g/mol. The van der Waals surface area contributed by atoms with Crippen molar-refractivity contribution < 1.29 is 4.92 Å². The molecule has 7 nitrogen and oxygen atoms in total. The summed E-state index contributed by atoms with van der Waals surface area (Å²) in [4.78, 5) is 17.6. The van der Waals surface area contributed by atoms with E-state index in [-0.39, 0.29) is 11.5 Å². The topological polar surface area (TPSA) is 107 Å². The number of anilines is 2. The second kappa shape index (κ2) is 5.76. The molecule has 0 aliphatic heterocycles. The minimum Gasteiger partial charge on any atom is -0.378 e. The molecular formula is C12H13N5O2. The van der Waals surface area contributed by atoms with Gasteiger partial charge in [0.1, 0.15) is 6.20 Å². The van der Waals surface area contributed by atoms with Crippen LogP contribution in [0.5, 0.6) is 0 Å². The zero-order chi connectivity index (χ0) is 13.7. The molecule has 0 atom stereocenters. The van der Waals surface area contributed by atoms with E-state index in [4.69, 9.17) is 5.73 Å². The van der Waals surface area contributed by atoms with E-state index in [9.17, 15) is 10.1 Å². The fraction of sp³-hybridized carbons (Fsp3) is 0.167. The molecule has 2 rings (SSSR count). The van der Waals surface area contributed by atoms with Crippen molar-refractivity contribution in [2.24, 2.45) is 0 Å². The van der Waals surface area contributed by atoms with E-state index in [1.807, 2.05) is 30.3 Å². The molecule has 0 unspecified atom stereocenters. The van der Waals surface area contributed by atoms with Gasteiger partial charge in [-0.05, 0) is 12.0 Å². The van der Waals surface area contributed by atoms with Gasteiger partial charge < -0.3 is 11.1 Å². The van der Waals surface area contributed by atoms with Gasteiger partial charge in [-0.25, -0.2) is 4.98 Å². The van der Waals surface area contributed by atoms with E-state index < -0.39 is 4.92 Å². The maximum atomic E-state index is 10.6. The second-order valence-corrected chi connectivity index (χ2v) is 3.88. The van der Waals surface area contributed by atoms with Gasteiger partial charge in [-0.15, -0.1) is 0 Å². The molecule has 0 radical (unpaired) electrons.